The lowest BCUT2D eigenvalue weighted by Gasteiger charge is -2.23. The molecule has 0 N–H and O–H groups in total. The summed E-state index contributed by atoms with van der Waals surface area (Å²) < 4.78 is 34.9. The van der Waals surface area contributed by atoms with E-state index >= 15 is 0 Å². The normalized spacial score (nSPS) is 11.9. The van der Waals surface area contributed by atoms with Gasteiger partial charge >= 0.3 is 0 Å². The minimum Gasteiger partial charge on any atom is -0.376 e. The lowest BCUT2D eigenvalue weighted by atomic mass is 9.85. The first-order valence-corrected chi connectivity index (χ1v) is 27.0. The molecule has 6 nitrogen and oxygen atoms in total. The molecule has 0 spiro atoms. The van der Waals surface area contributed by atoms with Crippen molar-refractivity contribution in [1.29, 1.82) is 0 Å². The van der Waals surface area contributed by atoms with Crippen molar-refractivity contribution >= 4 is 37.9 Å². The number of benzene rings is 3. The summed E-state index contributed by atoms with van der Waals surface area (Å²) in [6.45, 7) is 54.0. The van der Waals surface area contributed by atoms with Crippen LogP contribution in [0.5, 0.6) is 0 Å². The molecule has 0 unspecified atom stereocenters. The Balaban J connectivity index is -0.000000972. The molecule has 3 radical (unpaired) electrons. The van der Waals surface area contributed by atoms with E-state index in [-0.39, 0.29) is 30.4 Å². The number of halogens is 3. The standard InChI is InChI=1S/3C20H33O2S.3FH/c3*1-14(2)10-21-12-16-8-18(20(5,6)7)9-17(19(16)23)13-22-11-15(3)4;;;/h3*8-9,14-15H,10-13H2,1-7H3;3*1H. The van der Waals surface area contributed by atoms with Crippen molar-refractivity contribution in [3.05, 3.63) is 86.5 Å². The van der Waals surface area contributed by atoms with Crippen molar-refractivity contribution in [3.63, 3.8) is 0 Å². The van der Waals surface area contributed by atoms with Crippen LogP contribution in [0.25, 0.3) is 0 Å². The van der Waals surface area contributed by atoms with Gasteiger partial charge in [-0.2, -0.15) is 0 Å². The molecule has 417 valence electrons. The van der Waals surface area contributed by atoms with Gasteiger partial charge in [0.1, 0.15) is 0 Å². The van der Waals surface area contributed by atoms with Crippen molar-refractivity contribution in [2.75, 3.05) is 39.6 Å². The average Bonchev–Trinajstić information content (AvgIpc) is 3.20. The summed E-state index contributed by atoms with van der Waals surface area (Å²) in [5.74, 6) is 3.18. The van der Waals surface area contributed by atoms with Crippen molar-refractivity contribution < 1.29 is 42.5 Å². The van der Waals surface area contributed by atoms with E-state index < -0.39 is 0 Å². The van der Waals surface area contributed by atoms with Crippen LogP contribution < -0.4 is 0 Å². The maximum atomic E-state index is 5.82. The number of hydrogen-bond acceptors (Lipinski definition) is 6. The minimum absolute atomic E-state index is 0. The van der Waals surface area contributed by atoms with Gasteiger partial charge in [0.15, 0.2) is 0 Å². The van der Waals surface area contributed by atoms with Crippen LogP contribution in [0.2, 0.25) is 0 Å². The second-order valence-corrected chi connectivity index (χ2v) is 25.8. The molecule has 0 aliphatic heterocycles. The molecule has 12 heteroatoms. The molecule has 0 saturated carbocycles. The summed E-state index contributed by atoms with van der Waals surface area (Å²) in [5, 5.41) is 0. The smallest absolute Gasteiger partial charge is 0.0731 e. The third-order valence-electron chi connectivity index (χ3n) is 10.6. The summed E-state index contributed by atoms with van der Waals surface area (Å²) in [5.41, 5.74) is 10.8. The third kappa shape index (κ3) is 30.4. The Kier molecular flexibility index (Phi) is 37.1. The highest BCUT2D eigenvalue weighted by molar-refractivity contribution is 7.80. The lowest BCUT2D eigenvalue weighted by Crippen LogP contribution is -2.14. The van der Waals surface area contributed by atoms with Crippen LogP contribution in [0.3, 0.4) is 0 Å². The van der Waals surface area contributed by atoms with Crippen molar-refractivity contribution in [1.82, 2.24) is 0 Å². The fourth-order valence-electron chi connectivity index (χ4n) is 6.63. The molecule has 0 saturated heterocycles. The molecule has 0 amide bonds. The maximum Gasteiger partial charge on any atom is 0.0731 e. The lowest BCUT2D eigenvalue weighted by molar-refractivity contribution is 0.0907. The largest absolute Gasteiger partial charge is 0.376 e. The van der Waals surface area contributed by atoms with E-state index in [1.807, 2.05) is 0 Å². The van der Waals surface area contributed by atoms with Gasteiger partial charge in [-0.05, 0) is 102 Å². The van der Waals surface area contributed by atoms with Crippen LogP contribution in [-0.4, -0.2) is 39.6 Å². The van der Waals surface area contributed by atoms with Gasteiger partial charge in [0.05, 0.1) is 39.6 Å². The minimum atomic E-state index is 0. The molecule has 72 heavy (non-hydrogen) atoms. The van der Waals surface area contributed by atoms with E-state index in [1.54, 1.807) is 0 Å². The fraction of sp³-hybridized carbons (Fsp3) is 0.700. The summed E-state index contributed by atoms with van der Waals surface area (Å²) in [6, 6.07) is 13.2. The Bertz CT molecular complexity index is 1590. The Labute approximate surface area is 455 Å². The molecule has 0 aliphatic rings. The summed E-state index contributed by atoms with van der Waals surface area (Å²) in [4.78, 5) is 2.68. The highest BCUT2D eigenvalue weighted by Gasteiger charge is 2.22. The fourth-order valence-corrected chi connectivity index (χ4v) is 7.34. The van der Waals surface area contributed by atoms with Gasteiger partial charge in [0.2, 0.25) is 0 Å². The highest BCUT2D eigenvalue weighted by Crippen LogP contribution is 2.33. The SMILES string of the molecule is CC(C)COCc1cc(C(C)(C)C)cc(COCC(C)C)c1[S].CC(C)COCc1cc(C(C)(C)C)cc(COCC(C)C)c1[S].CC(C)COCc1cc(C(C)(C)C)cc(COCC(C)C)c1[S].F.F.F. The average molecular weight is 1070 g/mol. The van der Waals surface area contributed by atoms with E-state index in [0.29, 0.717) is 75.1 Å². The molecule has 3 aromatic carbocycles. The van der Waals surface area contributed by atoms with Crippen LogP contribution in [-0.2, 0) is 84.3 Å². The number of rotatable bonds is 24. The van der Waals surface area contributed by atoms with Gasteiger partial charge < -0.3 is 28.4 Å². The molecule has 3 rings (SSSR count). The predicted octanol–water partition coefficient (Wildman–Crippen LogP) is 18.1. The van der Waals surface area contributed by atoms with Crippen LogP contribution in [0.15, 0.2) is 51.1 Å². The molecule has 0 fully saturated rings. The molecular weight excluding hydrogens is 970 g/mol. The Hall–Kier alpha value is -2.13. The van der Waals surface area contributed by atoms with Gasteiger partial charge in [-0.25, -0.2) is 0 Å². The Morgan fingerprint density at radius 1 is 0.292 bits per heavy atom. The number of ether oxygens (including phenoxy) is 6. The Morgan fingerprint density at radius 2 is 0.417 bits per heavy atom. The third-order valence-corrected chi connectivity index (χ3v) is 12.2. The van der Waals surface area contributed by atoms with Crippen LogP contribution in [0.4, 0.5) is 14.1 Å². The molecule has 0 aromatic heterocycles. The summed E-state index contributed by atoms with van der Waals surface area (Å²) in [7, 11) is 0. The highest BCUT2D eigenvalue weighted by atomic mass is 32.1. The predicted molar refractivity (Wildman–Crippen MR) is 307 cm³/mol. The first kappa shape index (κ1) is 74.1. The molecule has 0 aliphatic carbocycles. The van der Waals surface area contributed by atoms with Gasteiger partial charge in [-0.15, -0.1) is 0 Å². The topological polar surface area (TPSA) is 55.4 Å². The van der Waals surface area contributed by atoms with E-state index in [0.717, 1.165) is 87.7 Å². The summed E-state index contributed by atoms with van der Waals surface area (Å²) >= 11 is 17.0. The van der Waals surface area contributed by atoms with Crippen molar-refractivity contribution in [2.24, 2.45) is 35.5 Å². The van der Waals surface area contributed by atoms with Gasteiger partial charge in [0.25, 0.3) is 0 Å². The van der Waals surface area contributed by atoms with Crippen LogP contribution in [0, 0.1) is 35.5 Å². The van der Waals surface area contributed by atoms with Crippen LogP contribution in [0.1, 0.15) is 195 Å². The van der Waals surface area contributed by atoms with E-state index in [1.165, 1.54) is 16.7 Å². The van der Waals surface area contributed by atoms with Gasteiger partial charge in [-0.1, -0.05) is 220 Å². The zero-order chi connectivity index (χ0) is 52.9. The van der Waals surface area contributed by atoms with E-state index in [2.05, 4.69) is 182 Å². The summed E-state index contributed by atoms with van der Waals surface area (Å²) in [6.07, 6.45) is 0. The first-order valence-electron chi connectivity index (χ1n) is 25.8. The van der Waals surface area contributed by atoms with Crippen molar-refractivity contribution in [2.45, 2.75) is 216 Å². The number of hydrogen-bond donors (Lipinski definition) is 0. The van der Waals surface area contributed by atoms with E-state index in [4.69, 9.17) is 66.3 Å². The van der Waals surface area contributed by atoms with Crippen molar-refractivity contribution in [3.8, 4) is 0 Å². The Morgan fingerprint density at radius 3 is 0.514 bits per heavy atom. The molecule has 0 atom stereocenters. The zero-order valence-electron chi connectivity index (χ0n) is 48.8. The molecule has 3 aromatic rings. The molecule has 0 bridgehead atoms. The van der Waals surface area contributed by atoms with Gasteiger partial charge in [0, 0.05) is 54.3 Å². The zero-order valence-corrected chi connectivity index (χ0v) is 51.3. The monoisotopic (exact) mass is 1070 g/mol. The second-order valence-electron chi connectivity index (χ2n) is 24.6. The van der Waals surface area contributed by atoms with Crippen LogP contribution >= 0.6 is 37.9 Å². The second kappa shape index (κ2) is 36.0. The quantitative estimate of drug-likeness (QED) is 0.0891. The first-order chi connectivity index (χ1) is 31.8. The maximum absolute atomic E-state index is 5.82. The molecule has 0 heterocycles. The van der Waals surface area contributed by atoms with Gasteiger partial charge in [-0.3, -0.25) is 14.1 Å². The molecular formula is C60H102F3O6S3. The van der Waals surface area contributed by atoms with E-state index in [9.17, 15) is 0 Å².